The number of benzene rings is 2. The topological polar surface area (TPSA) is 51.0 Å². The van der Waals surface area contributed by atoms with Gasteiger partial charge in [-0.05, 0) is 29.8 Å². The Balaban J connectivity index is 1.58. The van der Waals surface area contributed by atoms with Crippen molar-refractivity contribution in [2.75, 3.05) is 0 Å². The van der Waals surface area contributed by atoms with Crippen molar-refractivity contribution < 1.29 is 4.42 Å². The van der Waals surface area contributed by atoms with Crippen LogP contribution < -0.4 is 5.32 Å². The summed E-state index contributed by atoms with van der Waals surface area (Å²) in [6.07, 6.45) is 0. The number of hydrogen-bond acceptors (Lipinski definition) is 4. The molecule has 5 heteroatoms. The maximum absolute atomic E-state index is 5.94. The summed E-state index contributed by atoms with van der Waals surface area (Å²) in [5.41, 5.74) is 2.04. The zero-order valence-corrected chi connectivity index (χ0v) is 12.0. The third-order valence-electron chi connectivity index (χ3n) is 2.98. The summed E-state index contributed by atoms with van der Waals surface area (Å²) < 4.78 is 5.62. The molecule has 3 rings (SSSR count). The maximum Gasteiger partial charge on any atom is 0.247 e. The molecule has 0 aliphatic rings. The van der Waals surface area contributed by atoms with Crippen LogP contribution in [0.15, 0.2) is 59.0 Å². The summed E-state index contributed by atoms with van der Waals surface area (Å²) in [4.78, 5) is 0. The number of rotatable bonds is 5. The van der Waals surface area contributed by atoms with Crippen molar-refractivity contribution in [1.82, 2.24) is 15.5 Å². The van der Waals surface area contributed by atoms with Crippen molar-refractivity contribution >= 4 is 11.6 Å². The van der Waals surface area contributed by atoms with Gasteiger partial charge in [-0.1, -0.05) is 41.9 Å². The fraction of sp³-hybridized carbons (Fsp3) is 0.125. The van der Waals surface area contributed by atoms with Crippen molar-refractivity contribution in [3.8, 4) is 11.5 Å². The fourth-order valence-electron chi connectivity index (χ4n) is 1.98. The van der Waals surface area contributed by atoms with Gasteiger partial charge in [-0.2, -0.15) is 0 Å². The highest BCUT2D eigenvalue weighted by Crippen LogP contribution is 2.16. The van der Waals surface area contributed by atoms with E-state index < -0.39 is 0 Å². The molecule has 0 saturated carbocycles. The molecule has 0 bridgehead atoms. The van der Waals surface area contributed by atoms with Gasteiger partial charge in [-0.15, -0.1) is 10.2 Å². The van der Waals surface area contributed by atoms with Gasteiger partial charge >= 0.3 is 0 Å². The van der Waals surface area contributed by atoms with E-state index in [1.54, 1.807) is 0 Å². The van der Waals surface area contributed by atoms with E-state index in [-0.39, 0.29) is 0 Å². The van der Waals surface area contributed by atoms with Crippen LogP contribution in [0.25, 0.3) is 11.5 Å². The molecule has 0 atom stereocenters. The number of aromatic nitrogens is 2. The van der Waals surface area contributed by atoms with E-state index in [4.69, 9.17) is 16.0 Å². The number of hydrogen-bond donors (Lipinski definition) is 1. The van der Waals surface area contributed by atoms with Gasteiger partial charge in [-0.3, -0.25) is 0 Å². The molecule has 106 valence electrons. The van der Waals surface area contributed by atoms with Gasteiger partial charge in [0.1, 0.15) is 0 Å². The second-order valence-electron chi connectivity index (χ2n) is 4.60. The van der Waals surface area contributed by atoms with E-state index in [1.165, 1.54) is 0 Å². The van der Waals surface area contributed by atoms with E-state index in [1.807, 2.05) is 54.6 Å². The molecule has 0 spiro atoms. The molecule has 0 radical (unpaired) electrons. The van der Waals surface area contributed by atoms with Crippen molar-refractivity contribution in [3.05, 3.63) is 71.1 Å². The van der Waals surface area contributed by atoms with E-state index in [9.17, 15) is 0 Å². The lowest BCUT2D eigenvalue weighted by Gasteiger charge is -2.02. The van der Waals surface area contributed by atoms with E-state index in [0.29, 0.717) is 24.9 Å². The van der Waals surface area contributed by atoms with Gasteiger partial charge in [0, 0.05) is 17.1 Å². The van der Waals surface area contributed by atoms with Crippen LogP contribution in [0.4, 0.5) is 0 Å². The number of halogens is 1. The van der Waals surface area contributed by atoms with Gasteiger partial charge in [0.25, 0.3) is 0 Å². The quantitative estimate of drug-likeness (QED) is 0.781. The zero-order chi connectivity index (χ0) is 14.5. The average molecular weight is 300 g/mol. The summed E-state index contributed by atoms with van der Waals surface area (Å²) in [5.74, 6) is 1.10. The van der Waals surface area contributed by atoms with Crippen molar-refractivity contribution in [3.63, 3.8) is 0 Å². The molecule has 21 heavy (non-hydrogen) atoms. The molecule has 0 fully saturated rings. The second kappa shape index (κ2) is 6.52. The van der Waals surface area contributed by atoms with Gasteiger partial charge in [0.2, 0.25) is 11.8 Å². The predicted molar refractivity (Wildman–Crippen MR) is 81.7 cm³/mol. The highest BCUT2D eigenvalue weighted by Gasteiger charge is 2.07. The van der Waals surface area contributed by atoms with E-state index >= 15 is 0 Å². The molecule has 1 N–H and O–H groups in total. The van der Waals surface area contributed by atoms with Gasteiger partial charge in [0.15, 0.2) is 0 Å². The monoisotopic (exact) mass is 299 g/mol. The van der Waals surface area contributed by atoms with Gasteiger partial charge < -0.3 is 9.73 Å². The zero-order valence-electron chi connectivity index (χ0n) is 11.3. The highest BCUT2D eigenvalue weighted by molar-refractivity contribution is 6.30. The first-order valence-corrected chi connectivity index (χ1v) is 7.02. The molecule has 1 aromatic heterocycles. The summed E-state index contributed by atoms with van der Waals surface area (Å²) in [5, 5.41) is 12.1. The largest absolute Gasteiger partial charge is 0.419 e. The SMILES string of the molecule is Clc1cccc(CNCc2nnc(-c3ccccc3)o2)c1. The van der Waals surface area contributed by atoms with Crippen molar-refractivity contribution in [2.45, 2.75) is 13.1 Å². The average Bonchev–Trinajstić information content (AvgIpc) is 2.97. The van der Waals surface area contributed by atoms with Crippen LogP contribution >= 0.6 is 11.6 Å². The summed E-state index contributed by atoms with van der Waals surface area (Å²) in [7, 11) is 0. The summed E-state index contributed by atoms with van der Waals surface area (Å²) >= 11 is 5.94. The lowest BCUT2D eigenvalue weighted by molar-refractivity contribution is 0.477. The van der Waals surface area contributed by atoms with Crippen LogP contribution in [0.5, 0.6) is 0 Å². The Kier molecular flexibility index (Phi) is 4.28. The van der Waals surface area contributed by atoms with Crippen molar-refractivity contribution in [2.24, 2.45) is 0 Å². The third kappa shape index (κ3) is 3.68. The Bertz CT molecular complexity index is 712. The third-order valence-corrected chi connectivity index (χ3v) is 3.22. The lowest BCUT2D eigenvalue weighted by Crippen LogP contribution is -2.12. The molecule has 4 nitrogen and oxygen atoms in total. The van der Waals surface area contributed by atoms with Crippen LogP contribution in [-0.4, -0.2) is 10.2 Å². The smallest absolute Gasteiger partial charge is 0.247 e. The summed E-state index contributed by atoms with van der Waals surface area (Å²) in [6, 6.07) is 17.4. The molecule has 0 unspecified atom stereocenters. The van der Waals surface area contributed by atoms with Crippen LogP contribution in [0.2, 0.25) is 5.02 Å². The Morgan fingerprint density at radius 1 is 0.952 bits per heavy atom. The molecular weight excluding hydrogens is 286 g/mol. The molecule has 1 heterocycles. The molecular formula is C16H14ClN3O. The minimum atomic E-state index is 0.520. The molecule has 2 aromatic carbocycles. The fourth-order valence-corrected chi connectivity index (χ4v) is 2.20. The normalized spacial score (nSPS) is 10.7. The standard InChI is InChI=1S/C16H14ClN3O/c17-14-8-4-5-12(9-14)10-18-11-15-19-20-16(21-15)13-6-2-1-3-7-13/h1-9,18H,10-11H2. The van der Waals surface area contributed by atoms with Gasteiger partial charge in [0.05, 0.1) is 6.54 Å². The first-order chi connectivity index (χ1) is 10.3. The van der Waals surface area contributed by atoms with Crippen LogP contribution in [0.3, 0.4) is 0 Å². The molecule has 3 aromatic rings. The van der Waals surface area contributed by atoms with Crippen LogP contribution in [0, 0.1) is 0 Å². The Morgan fingerprint density at radius 3 is 2.62 bits per heavy atom. The minimum absolute atomic E-state index is 0.520. The lowest BCUT2D eigenvalue weighted by atomic mass is 10.2. The minimum Gasteiger partial charge on any atom is -0.419 e. The number of nitrogens with zero attached hydrogens (tertiary/aromatic N) is 2. The van der Waals surface area contributed by atoms with Crippen LogP contribution in [0.1, 0.15) is 11.5 Å². The number of nitrogens with one attached hydrogen (secondary N) is 1. The van der Waals surface area contributed by atoms with Crippen molar-refractivity contribution in [1.29, 1.82) is 0 Å². The highest BCUT2D eigenvalue weighted by atomic mass is 35.5. The first-order valence-electron chi connectivity index (χ1n) is 6.64. The molecule has 0 saturated heterocycles. The van der Waals surface area contributed by atoms with Gasteiger partial charge in [-0.25, -0.2) is 0 Å². The molecule has 0 aliphatic heterocycles. The molecule has 0 aliphatic carbocycles. The first kappa shape index (κ1) is 13.8. The molecule has 0 amide bonds. The van der Waals surface area contributed by atoms with E-state index in [2.05, 4.69) is 15.5 Å². The second-order valence-corrected chi connectivity index (χ2v) is 5.04. The van der Waals surface area contributed by atoms with Crippen LogP contribution in [-0.2, 0) is 13.1 Å². The maximum atomic E-state index is 5.94. The predicted octanol–water partition coefficient (Wildman–Crippen LogP) is 3.68. The summed E-state index contributed by atoms with van der Waals surface area (Å²) in [6.45, 7) is 1.22. The van der Waals surface area contributed by atoms with E-state index in [0.717, 1.165) is 16.1 Å². The Labute approximate surface area is 127 Å². The Hall–Kier alpha value is -2.17. The Morgan fingerprint density at radius 2 is 1.81 bits per heavy atom.